The van der Waals surface area contributed by atoms with Gasteiger partial charge in [-0.1, -0.05) is 44.2 Å². The Labute approximate surface area is 136 Å². The molecule has 0 aliphatic rings. The third-order valence-electron chi connectivity index (χ3n) is 3.22. The van der Waals surface area contributed by atoms with E-state index >= 15 is 0 Å². The standard InChI is InChI=1S/C17H24N2O4/c1-12(2)10-19(11-17(22)23)16(21)9-15(18-13(3)20)14-7-5-4-6-8-14/h4-8,12,15H,9-11H2,1-3H3,(H,18,20)(H,22,23). The highest BCUT2D eigenvalue weighted by Crippen LogP contribution is 2.18. The molecule has 0 spiro atoms. The maximum Gasteiger partial charge on any atom is 0.323 e. The van der Waals surface area contributed by atoms with Crippen LogP contribution in [0.5, 0.6) is 0 Å². The van der Waals surface area contributed by atoms with Crippen LogP contribution in [0.2, 0.25) is 0 Å². The molecule has 0 aliphatic heterocycles. The molecule has 2 amide bonds. The number of amides is 2. The van der Waals surface area contributed by atoms with Crippen molar-refractivity contribution in [1.29, 1.82) is 0 Å². The molecule has 0 aromatic heterocycles. The maximum atomic E-state index is 12.5. The number of carbonyl (C=O) groups excluding carboxylic acids is 2. The van der Waals surface area contributed by atoms with Crippen molar-refractivity contribution in [2.24, 2.45) is 5.92 Å². The first-order chi connectivity index (χ1) is 10.8. The Bertz CT molecular complexity index is 543. The van der Waals surface area contributed by atoms with Crippen LogP contribution in [-0.2, 0) is 14.4 Å². The van der Waals surface area contributed by atoms with E-state index in [1.54, 1.807) is 0 Å². The summed E-state index contributed by atoms with van der Waals surface area (Å²) in [5.74, 6) is -1.41. The Balaban J connectivity index is 2.89. The van der Waals surface area contributed by atoms with E-state index in [9.17, 15) is 14.4 Å². The van der Waals surface area contributed by atoms with Crippen LogP contribution in [0, 0.1) is 5.92 Å². The van der Waals surface area contributed by atoms with Crippen LogP contribution in [0.25, 0.3) is 0 Å². The molecule has 0 radical (unpaired) electrons. The summed E-state index contributed by atoms with van der Waals surface area (Å²) in [5.41, 5.74) is 0.816. The predicted molar refractivity (Wildman–Crippen MR) is 86.7 cm³/mol. The zero-order chi connectivity index (χ0) is 17.4. The summed E-state index contributed by atoms with van der Waals surface area (Å²) in [4.78, 5) is 36.2. The van der Waals surface area contributed by atoms with Gasteiger partial charge in [0.15, 0.2) is 0 Å². The summed E-state index contributed by atoms with van der Waals surface area (Å²) >= 11 is 0. The first-order valence-corrected chi connectivity index (χ1v) is 7.61. The number of carboxylic acids is 1. The van der Waals surface area contributed by atoms with Crippen molar-refractivity contribution < 1.29 is 19.5 Å². The van der Waals surface area contributed by atoms with Gasteiger partial charge in [-0.3, -0.25) is 14.4 Å². The zero-order valence-corrected chi connectivity index (χ0v) is 13.8. The number of hydrogen-bond donors (Lipinski definition) is 2. The zero-order valence-electron chi connectivity index (χ0n) is 13.8. The smallest absolute Gasteiger partial charge is 0.323 e. The van der Waals surface area contributed by atoms with Crippen LogP contribution in [0.4, 0.5) is 0 Å². The van der Waals surface area contributed by atoms with Gasteiger partial charge in [0.1, 0.15) is 6.54 Å². The second kappa shape index (κ2) is 8.92. The number of benzene rings is 1. The largest absolute Gasteiger partial charge is 0.480 e. The Morgan fingerprint density at radius 2 is 1.78 bits per heavy atom. The quantitative estimate of drug-likeness (QED) is 0.765. The lowest BCUT2D eigenvalue weighted by Gasteiger charge is -2.26. The van der Waals surface area contributed by atoms with Gasteiger partial charge < -0.3 is 15.3 Å². The minimum atomic E-state index is -1.05. The number of aliphatic carboxylic acids is 1. The fraction of sp³-hybridized carbons (Fsp3) is 0.471. The molecule has 0 saturated heterocycles. The van der Waals surface area contributed by atoms with Crippen LogP contribution in [0.3, 0.4) is 0 Å². The molecule has 6 heteroatoms. The van der Waals surface area contributed by atoms with Gasteiger partial charge >= 0.3 is 5.97 Å². The summed E-state index contributed by atoms with van der Waals surface area (Å²) in [5, 5.41) is 11.7. The van der Waals surface area contributed by atoms with Crippen molar-refractivity contribution in [3.05, 3.63) is 35.9 Å². The fourth-order valence-corrected chi connectivity index (χ4v) is 2.35. The molecule has 0 heterocycles. The third-order valence-corrected chi connectivity index (χ3v) is 3.22. The highest BCUT2D eigenvalue weighted by Gasteiger charge is 2.23. The van der Waals surface area contributed by atoms with Gasteiger partial charge in [-0.05, 0) is 11.5 Å². The normalized spacial score (nSPS) is 11.8. The monoisotopic (exact) mass is 320 g/mol. The van der Waals surface area contributed by atoms with Crippen LogP contribution in [0.15, 0.2) is 30.3 Å². The van der Waals surface area contributed by atoms with E-state index < -0.39 is 12.0 Å². The lowest BCUT2D eigenvalue weighted by Crippen LogP contribution is -2.40. The van der Waals surface area contributed by atoms with Crippen molar-refractivity contribution in [3.63, 3.8) is 0 Å². The molecule has 1 rings (SSSR count). The summed E-state index contributed by atoms with van der Waals surface area (Å²) < 4.78 is 0. The van der Waals surface area contributed by atoms with Crippen molar-refractivity contribution in [1.82, 2.24) is 10.2 Å². The molecule has 0 bridgehead atoms. The van der Waals surface area contributed by atoms with Gasteiger partial charge in [0.05, 0.1) is 12.5 Å². The summed E-state index contributed by atoms with van der Waals surface area (Å²) in [6.45, 7) is 5.27. The molecule has 0 aliphatic carbocycles. The predicted octanol–water partition coefficient (Wildman–Crippen LogP) is 1.82. The van der Waals surface area contributed by atoms with Gasteiger partial charge in [-0.2, -0.15) is 0 Å². The molecule has 1 aromatic carbocycles. The number of carbonyl (C=O) groups is 3. The minimum absolute atomic E-state index is 0.0313. The van der Waals surface area contributed by atoms with Crippen LogP contribution in [-0.4, -0.2) is 40.9 Å². The highest BCUT2D eigenvalue weighted by atomic mass is 16.4. The van der Waals surface area contributed by atoms with E-state index in [2.05, 4.69) is 5.32 Å². The fourth-order valence-electron chi connectivity index (χ4n) is 2.35. The number of hydrogen-bond acceptors (Lipinski definition) is 3. The minimum Gasteiger partial charge on any atom is -0.480 e. The van der Waals surface area contributed by atoms with Gasteiger partial charge in [-0.25, -0.2) is 0 Å². The second-order valence-corrected chi connectivity index (χ2v) is 5.93. The van der Waals surface area contributed by atoms with E-state index in [-0.39, 0.29) is 30.7 Å². The Hall–Kier alpha value is -2.37. The molecule has 1 aromatic rings. The Morgan fingerprint density at radius 3 is 2.26 bits per heavy atom. The summed E-state index contributed by atoms with van der Waals surface area (Å²) in [7, 11) is 0. The lowest BCUT2D eigenvalue weighted by atomic mass is 10.0. The van der Waals surface area contributed by atoms with Crippen molar-refractivity contribution in [2.45, 2.75) is 33.2 Å². The average molecular weight is 320 g/mol. The molecule has 126 valence electrons. The van der Waals surface area contributed by atoms with E-state index in [4.69, 9.17) is 5.11 Å². The first kappa shape index (κ1) is 18.7. The first-order valence-electron chi connectivity index (χ1n) is 7.61. The Morgan fingerprint density at radius 1 is 1.17 bits per heavy atom. The number of nitrogens with one attached hydrogen (secondary N) is 1. The van der Waals surface area contributed by atoms with Gasteiger partial charge in [0.2, 0.25) is 11.8 Å². The molecule has 2 N–H and O–H groups in total. The topological polar surface area (TPSA) is 86.7 Å². The molecule has 0 saturated carbocycles. The van der Waals surface area contributed by atoms with Crippen LogP contribution in [0.1, 0.15) is 38.8 Å². The number of carboxylic acid groups (broad SMARTS) is 1. The van der Waals surface area contributed by atoms with Crippen molar-refractivity contribution in [2.75, 3.05) is 13.1 Å². The van der Waals surface area contributed by atoms with Gasteiger partial charge in [-0.15, -0.1) is 0 Å². The summed E-state index contributed by atoms with van der Waals surface area (Å²) in [6, 6.07) is 8.71. The van der Waals surface area contributed by atoms with Crippen LogP contribution < -0.4 is 5.32 Å². The van der Waals surface area contributed by atoms with Crippen molar-refractivity contribution in [3.8, 4) is 0 Å². The molecule has 0 fully saturated rings. The molecule has 6 nitrogen and oxygen atoms in total. The van der Waals surface area contributed by atoms with Crippen molar-refractivity contribution >= 4 is 17.8 Å². The van der Waals surface area contributed by atoms with E-state index in [0.717, 1.165) is 5.56 Å². The second-order valence-electron chi connectivity index (χ2n) is 5.93. The molecular weight excluding hydrogens is 296 g/mol. The lowest BCUT2D eigenvalue weighted by molar-refractivity contribution is -0.145. The SMILES string of the molecule is CC(=O)NC(CC(=O)N(CC(=O)O)CC(C)C)c1ccccc1. The molecule has 1 unspecified atom stereocenters. The molecular formula is C17H24N2O4. The molecule has 1 atom stereocenters. The Kier molecular flexibility index (Phi) is 7.25. The number of rotatable bonds is 8. The van der Waals surface area contributed by atoms with Gasteiger partial charge in [0.25, 0.3) is 0 Å². The van der Waals surface area contributed by atoms with E-state index in [0.29, 0.717) is 6.54 Å². The number of nitrogens with zero attached hydrogens (tertiary/aromatic N) is 1. The van der Waals surface area contributed by atoms with E-state index in [1.807, 2.05) is 44.2 Å². The highest BCUT2D eigenvalue weighted by molar-refractivity contribution is 5.82. The molecule has 23 heavy (non-hydrogen) atoms. The third kappa shape index (κ3) is 6.95. The summed E-state index contributed by atoms with van der Waals surface area (Å²) in [6.07, 6.45) is 0.0313. The van der Waals surface area contributed by atoms with Crippen LogP contribution >= 0.6 is 0 Å². The van der Waals surface area contributed by atoms with E-state index in [1.165, 1.54) is 11.8 Å². The van der Waals surface area contributed by atoms with Gasteiger partial charge in [0, 0.05) is 13.5 Å². The maximum absolute atomic E-state index is 12.5. The average Bonchev–Trinajstić information content (AvgIpc) is 2.45.